The molecule has 20 heavy (non-hydrogen) atoms. The Kier molecular flexibility index (Phi) is 4.52. The van der Waals surface area contributed by atoms with Crippen molar-refractivity contribution in [3.8, 4) is 0 Å². The lowest BCUT2D eigenvalue weighted by Crippen LogP contribution is -2.24. The Bertz CT molecular complexity index is 567. The molecule has 5 heteroatoms. The van der Waals surface area contributed by atoms with Gasteiger partial charge in [-0.3, -0.25) is 0 Å². The van der Waals surface area contributed by atoms with Crippen LogP contribution >= 0.6 is 10.9 Å². The highest BCUT2D eigenvalue weighted by Crippen LogP contribution is 2.50. The van der Waals surface area contributed by atoms with Gasteiger partial charge in [-0.15, -0.1) is 0 Å². The molecule has 0 fully saturated rings. The van der Waals surface area contributed by atoms with Crippen molar-refractivity contribution in [3.63, 3.8) is 0 Å². The van der Waals surface area contributed by atoms with Crippen LogP contribution in [0.2, 0.25) is 0 Å². The molecule has 1 aromatic carbocycles. The van der Waals surface area contributed by atoms with Crippen molar-refractivity contribution in [1.29, 1.82) is 0 Å². The molecule has 0 aromatic heterocycles. The van der Waals surface area contributed by atoms with Gasteiger partial charge in [0.15, 0.2) is 0 Å². The lowest BCUT2D eigenvalue weighted by atomic mass is 10.2. The fourth-order valence-corrected chi connectivity index (χ4v) is 4.44. The van der Waals surface area contributed by atoms with Crippen LogP contribution in [-0.2, 0) is 6.54 Å². The summed E-state index contributed by atoms with van der Waals surface area (Å²) in [4.78, 5) is 14.7. The maximum Gasteiger partial charge on any atom is 0.407 e. The van der Waals surface area contributed by atoms with E-state index in [4.69, 9.17) is 10.8 Å². The van der Waals surface area contributed by atoms with Crippen LogP contribution in [0.3, 0.4) is 0 Å². The van der Waals surface area contributed by atoms with Gasteiger partial charge in [0.05, 0.1) is 0 Å². The molecule has 1 aliphatic rings. The van der Waals surface area contributed by atoms with Gasteiger partial charge in [-0.2, -0.15) is 10.9 Å². The Morgan fingerprint density at radius 1 is 1.45 bits per heavy atom. The van der Waals surface area contributed by atoms with Gasteiger partial charge in [0.2, 0.25) is 0 Å². The minimum atomic E-state index is -0.919. The number of hydrogen-bond donors (Lipinski definition) is 3. The van der Waals surface area contributed by atoms with E-state index in [0.29, 0.717) is 6.54 Å². The number of allylic oxidation sites excluding steroid dienone is 2. The van der Waals surface area contributed by atoms with Crippen molar-refractivity contribution >= 4 is 17.0 Å². The van der Waals surface area contributed by atoms with Crippen LogP contribution in [0.15, 0.2) is 51.6 Å². The SMILES string of the molecule is C[C@@H](N)C1=CC=C[SH]1c1ccccc1CN(C)C(=O)O. The molecular formula is C15H20N2O2S. The molecule has 4 nitrogen and oxygen atoms in total. The number of carbonyl (C=O) groups is 1. The largest absolute Gasteiger partial charge is 0.465 e. The quantitative estimate of drug-likeness (QED) is 0.748. The third-order valence-electron chi connectivity index (χ3n) is 3.23. The fourth-order valence-electron chi connectivity index (χ4n) is 2.19. The van der Waals surface area contributed by atoms with Crippen LogP contribution in [0.4, 0.5) is 4.79 Å². The number of amides is 1. The first-order chi connectivity index (χ1) is 9.50. The minimum Gasteiger partial charge on any atom is -0.465 e. The first-order valence-corrected chi connectivity index (χ1v) is 7.87. The van der Waals surface area contributed by atoms with E-state index < -0.39 is 17.0 Å². The zero-order valence-electron chi connectivity index (χ0n) is 11.7. The van der Waals surface area contributed by atoms with E-state index in [0.717, 1.165) is 5.56 Å². The molecule has 1 heterocycles. The third-order valence-corrected chi connectivity index (χ3v) is 5.77. The van der Waals surface area contributed by atoms with Crippen molar-refractivity contribution < 1.29 is 9.90 Å². The first-order valence-electron chi connectivity index (χ1n) is 6.46. The first kappa shape index (κ1) is 14.7. The van der Waals surface area contributed by atoms with Crippen LogP contribution in [0.1, 0.15) is 12.5 Å². The molecule has 2 atom stereocenters. The van der Waals surface area contributed by atoms with Crippen molar-refractivity contribution in [2.45, 2.75) is 24.4 Å². The molecule has 0 saturated heterocycles. The molecule has 0 spiro atoms. The monoisotopic (exact) mass is 292 g/mol. The van der Waals surface area contributed by atoms with Crippen LogP contribution in [0, 0.1) is 0 Å². The average molecular weight is 292 g/mol. The van der Waals surface area contributed by atoms with Gasteiger partial charge in [-0.25, -0.2) is 4.79 Å². The van der Waals surface area contributed by atoms with Gasteiger partial charge >= 0.3 is 6.09 Å². The summed E-state index contributed by atoms with van der Waals surface area (Å²) in [5.41, 5.74) is 7.07. The number of benzene rings is 1. The van der Waals surface area contributed by atoms with Crippen LogP contribution < -0.4 is 5.73 Å². The maximum atomic E-state index is 11.0. The molecule has 1 aromatic rings. The Balaban J connectivity index is 2.31. The van der Waals surface area contributed by atoms with Gasteiger partial charge < -0.3 is 15.7 Å². The smallest absolute Gasteiger partial charge is 0.407 e. The van der Waals surface area contributed by atoms with Gasteiger partial charge in [0, 0.05) is 19.6 Å². The highest BCUT2D eigenvalue weighted by atomic mass is 32.2. The van der Waals surface area contributed by atoms with Gasteiger partial charge in [-0.1, -0.05) is 30.4 Å². The zero-order valence-corrected chi connectivity index (χ0v) is 12.5. The van der Waals surface area contributed by atoms with Crippen molar-refractivity contribution in [3.05, 3.63) is 52.3 Å². The second kappa shape index (κ2) is 6.15. The van der Waals surface area contributed by atoms with E-state index in [9.17, 15) is 4.79 Å². The molecular weight excluding hydrogens is 272 g/mol. The molecule has 0 aliphatic carbocycles. The van der Waals surface area contributed by atoms with Gasteiger partial charge in [-0.05, 0) is 33.8 Å². The van der Waals surface area contributed by atoms with Gasteiger partial charge in [0.1, 0.15) is 0 Å². The summed E-state index contributed by atoms with van der Waals surface area (Å²) in [6.07, 6.45) is 3.20. The second-order valence-corrected chi connectivity index (χ2v) is 6.90. The molecule has 0 radical (unpaired) electrons. The number of carboxylic acid groups (broad SMARTS) is 1. The molecule has 2 rings (SSSR count). The lowest BCUT2D eigenvalue weighted by molar-refractivity contribution is 0.153. The zero-order chi connectivity index (χ0) is 14.7. The molecule has 0 saturated carbocycles. The molecule has 3 N–H and O–H groups in total. The molecule has 1 unspecified atom stereocenters. The fraction of sp³-hybridized carbons (Fsp3) is 0.267. The summed E-state index contributed by atoms with van der Waals surface area (Å²) in [6, 6.07) is 8.01. The highest BCUT2D eigenvalue weighted by molar-refractivity contribution is 8.23. The van der Waals surface area contributed by atoms with Crippen LogP contribution in [-0.4, -0.2) is 29.2 Å². The standard InChI is InChI=1S/C15H20N2O2S/c1-11(16)13-8-5-9-20(13)14-7-4-3-6-12(14)10-17(2)15(18)19/h3-9,11,20H,10,16H2,1-2H3,(H,18,19)/t11-/m1/s1. The predicted molar refractivity (Wildman–Crippen MR) is 84.1 cm³/mol. The molecule has 1 amide bonds. The Morgan fingerprint density at radius 2 is 2.15 bits per heavy atom. The second-order valence-electron chi connectivity index (χ2n) is 4.86. The van der Waals surface area contributed by atoms with E-state index in [1.807, 2.05) is 31.2 Å². The van der Waals surface area contributed by atoms with Crippen molar-refractivity contribution in [2.24, 2.45) is 5.73 Å². The summed E-state index contributed by atoms with van der Waals surface area (Å²) in [5, 5.41) is 11.2. The highest BCUT2D eigenvalue weighted by Gasteiger charge is 2.19. The number of thiol groups is 1. The Morgan fingerprint density at radius 3 is 2.80 bits per heavy atom. The topological polar surface area (TPSA) is 66.6 Å². The van der Waals surface area contributed by atoms with Crippen molar-refractivity contribution in [2.75, 3.05) is 7.05 Å². The summed E-state index contributed by atoms with van der Waals surface area (Å²) >= 11 is 0. The maximum absolute atomic E-state index is 11.0. The summed E-state index contributed by atoms with van der Waals surface area (Å²) in [7, 11) is 1.00. The van der Waals surface area contributed by atoms with E-state index in [1.54, 1.807) is 7.05 Å². The van der Waals surface area contributed by atoms with E-state index in [-0.39, 0.29) is 6.04 Å². The number of nitrogens with two attached hydrogens (primary N) is 1. The van der Waals surface area contributed by atoms with E-state index >= 15 is 0 Å². The summed E-state index contributed by atoms with van der Waals surface area (Å²) in [6.45, 7) is 2.38. The average Bonchev–Trinajstić information content (AvgIpc) is 2.88. The normalized spacial score (nSPS) is 20.6. The summed E-state index contributed by atoms with van der Waals surface area (Å²) < 4.78 is 0. The molecule has 0 bridgehead atoms. The Hall–Kier alpha value is -1.72. The lowest BCUT2D eigenvalue weighted by Gasteiger charge is -2.25. The van der Waals surface area contributed by atoms with E-state index in [2.05, 4.69) is 17.6 Å². The number of hydrogen-bond acceptors (Lipinski definition) is 2. The number of rotatable bonds is 4. The van der Waals surface area contributed by atoms with E-state index in [1.165, 1.54) is 14.7 Å². The predicted octanol–water partition coefficient (Wildman–Crippen LogP) is 2.91. The molecule has 108 valence electrons. The third kappa shape index (κ3) is 3.05. The van der Waals surface area contributed by atoms with Crippen LogP contribution in [0.25, 0.3) is 0 Å². The molecule has 1 aliphatic heterocycles. The Labute approximate surface area is 121 Å². The summed E-state index contributed by atoms with van der Waals surface area (Å²) in [5.74, 6) is 0. The minimum absolute atomic E-state index is 0.0152. The van der Waals surface area contributed by atoms with Crippen LogP contribution in [0.5, 0.6) is 0 Å². The van der Waals surface area contributed by atoms with Crippen molar-refractivity contribution in [1.82, 2.24) is 4.90 Å². The van der Waals surface area contributed by atoms with Gasteiger partial charge in [0.25, 0.3) is 0 Å². The number of nitrogens with zero attached hydrogens (tertiary/aromatic N) is 1.